The van der Waals surface area contributed by atoms with E-state index in [2.05, 4.69) is 10.3 Å². The van der Waals surface area contributed by atoms with Gasteiger partial charge in [0.25, 0.3) is 0 Å². The van der Waals surface area contributed by atoms with Gasteiger partial charge in [-0.05, 0) is 12.2 Å². The summed E-state index contributed by atoms with van der Waals surface area (Å²) >= 11 is 11.5. The molecule has 3 nitrogen and oxygen atoms in total. The fourth-order valence-corrected chi connectivity index (χ4v) is 1.41. The monoisotopic (exact) mass is 202 g/mol. The summed E-state index contributed by atoms with van der Waals surface area (Å²) in [6, 6.07) is -0.372. The van der Waals surface area contributed by atoms with E-state index in [1.54, 1.807) is 12.2 Å². The number of fused-ring (bicyclic) bond motifs is 1. The minimum Gasteiger partial charge on any atom is -0.304 e. The van der Waals surface area contributed by atoms with Gasteiger partial charge in [-0.15, -0.1) is 11.6 Å². The Morgan fingerprint density at radius 1 is 1.58 bits per heavy atom. The molecule has 1 unspecified atom stereocenters. The Hall–Kier alpha value is -0.800. The molecule has 12 heavy (non-hydrogen) atoms. The Kier molecular flexibility index (Phi) is 1.70. The highest BCUT2D eigenvalue weighted by Crippen LogP contribution is 2.24. The molecule has 1 aliphatic carbocycles. The molecule has 0 radical (unpaired) electrons. The number of urea groups is 1. The highest BCUT2D eigenvalue weighted by atomic mass is 35.5. The summed E-state index contributed by atoms with van der Waals surface area (Å²) in [5, 5.41) is 2.66. The van der Waals surface area contributed by atoms with Gasteiger partial charge in [0.2, 0.25) is 0 Å². The zero-order chi connectivity index (χ0) is 8.72. The van der Waals surface area contributed by atoms with Crippen LogP contribution in [0.3, 0.4) is 0 Å². The molecule has 1 atom stereocenters. The molecular weight excluding hydrogens is 199 g/mol. The van der Waals surface area contributed by atoms with Crippen LogP contribution in [0, 0.1) is 0 Å². The lowest BCUT2D eigenvalue weighted by Crippen LogP contribution is -2.18. The van der Waals surface area contributed by atoms with Crippen molar-refractivity contribution in [2.24, 2.45) is 4.99 Å². The zero-order valence-electron chi connectivity index (χ0n) is 5.84. The molecule has 1 heterocycles. The summed E-state index contributed by atoms with van der Waals surface area (Å²) in [5.74, 6) is 0. The van der Waals surface area contributed by atoms with Gasteiger partial charge in [-0.25, -0.2) is 4.79 Å². The van der Waals surface area contributed by atoms with Gasteiger partial charge < -0.3 is 5.32 Å². The highest BCUT2D eigenvalue weighted by molar-refractivity contribution is 6.41. The third-order valence-corrected chi connectivity index (χ3v) is 2.41. The lowest BCUT2D eigenvalue weighted by atomic mass is 10.1. The van der Waals surface area contributed by atoms with Crippen LogP contribution in [-0.4, -0.2) is 17.1 Å². The molecule has 2 rings (SSSR count). The molecule has 0 bridgehead atoms. The molecule has 0 saturated carbocycles. The van der Waals surface area contributed by atoms with E-state index in [4.69, 9.17) is 23.2 Å². The lowest BCUT2D eigenvalue weighted by Gasteiger charge is -2.10. The van der Waals surface area contributed by atoms with Gasteiger partial charge >= 0.3 is 6.03 Å². The van der Waals surface area contributed by atoms with Crippen molar-refractivity contribution in [2.75, 3.05) is 0 Å². The Balaban J connectivity index is 2.43. The van der Waals surface area contributed by atoms with Crippen LogP contribution >= 0.6 is 23.2 Å². The number of nitrogens with zero attached hydrogens (tertiary/aromatic N) is 1. The minimum atomic E-state index is -0.372. The number of hydrogen-bond acceptors (Lipinski definition) is 1. The van der Waals surface area contributed by atoms with Gasteiger partial charge in [-0.2, -0.15) is 4.99 Å². The van der Waals surface area contributed by atoms with E-state index < -0.39 is 0 Å². The maximum Gasteiger partial charge on any atom is 0.346 e. The Labute approximate surface area is 78.8 Å². The molecule has 2 aliphatic rings. The second-order valence-corrected chi connectivity index (χ2v) is 3.35. The number of aliphatic imine (C=N–C) groups is 1. The minimum absolute atomic E-state index is 0.362. The molecular formula is C7H4Cl2N2O. The third kappa shape index (κ3) is 1.15. The Bertz CT molecular complexity index is 343. The number of allylic oxidation sites excluding steroid dienone is 3. The van der Waals surface area contributed by atoms with Gasteiger partial charge in [0.05, 0.1) is 16.8 Å². The first-order chi connectivity index (χ1) is 5.66. The molecule has 1 N–H and O–H groups in total. The molecule has 0 fully saturated rings. The molecule has 0 aromatic rings. The normalized spacial score (nSPS) is 27.0. The van der Waals surface area contributed by atoms with Crippen LogP contribution in [0.1, 0.15) is 0 Å². The van der Waals surface area contributed by atoms with Crippen molar-refractivity contribution >= 4 is 34.9 Å². The van der Waals surface area contributed by atoms with Crippen LogP contribution < -0.4 is 5.32 Å². The first kappa shape index (κ1) is 7.83. The fourth-order valence-electron chi connectivity index (χ4n) is 1.05. The molecule has 0 spiro atoms. The van der Waals surface area contributed by atoms with Crippen molar-refractivity contribution in [1.29, 1.82) is 0 Å². The van der Waals surface area contributed by atoms with Crippen molar-refractivity contribution in [3.63, 3.8) is 0 Å². The van der Waals surface area contributed by atoms with Crippen molar-refractivity contribution < 1.29 is 4.79 Å². The Morgan fingerprint density at radius 2 is 2.33 bits per heavy atom. The zero-order valence-corrected chi connectivity index (χ0v) is 7.36. The second kappa shape index (κ2) is 2.61. The van der Waals surface area contributed by atoms with E-state index in [0.29, 0.717) is 16.4 Å². The van der Waals surface area contributed by atoms with Crippen molar-refractivity contribution in [3.8, 4) is 0 Å². The number of hydrogen-bond donors (Lipinski definition) is 1. The number of rotatable bonds is 0. The van der Waals surface area contributed by atoms with Gasteiger partial charge in [0.1, 0.15) is 0 Å². The molecule has 62 valence electrons. The maximum atomic E-state index is 10.8. The van der Waals surface area contributed by atoms with Crippen LogP contribution in [0.5, 0.6) is 0 Å². The van der Waals surface area contributed by atoms with Gasteiger partial charge in [-0.3, -0.25) is 0 Å². The largest absolute Gasteiger partial charge is 0.346 e. The van der Waals surface area contributed by atoms with Crippen molar-refractivity contribution in [1.82, 2.24) is 5.32 Å². The standard InChI is InChI=1S/C7H4Cl2N2O/c8-3-1-5-6(2-4(3)9)11-7(12)10-5/h1-3H,(H,10,12). The molecule has 0 aromatic carbocycles. The SMILES string of the molecule is O=C1N=C2C=C(Cl)C(Cl)C=C2N1. The quantitative estimate of drug-likeness (QED) is 0.599. The van der Waals surface area contributed by atoms with Crippen LogP contribution in [0.2, 0.25) is 0 Å². The topological polar surface area (TPSA) is 41.5 Å². The first-order valence-corrected chi connectivity index (χ1v) is 4.11. The summed E-state index contributed by atoms with van der Waals surface area (Å²) in [4.78, 5) is 14.4. The predicted molar refractivity (Wildman–Crippen MR) is 47.6 cm³/mol. The number of halogens is 2. The van der Waals surface area contributed by atoms with Crippen LogP contribution in [-0.2, 0) is 0 Å². The molecule has 1 aliphatic heterocycles. The van der Waals surface area contributed by atoms with Crippen LogP contribution in [0.4, 0.5) is 4.79 Å². The number of carbonyl (C=O) groups is 1. The van der Waals surface area contributed by atoms with Gasteiger partial charge in [-0.1, -0.05) is 11.6 Å². The maximum absolute atomic E-state index is 10.8. The van der Waals surface area contributed by atoms with Crippen LogP contribution in [0.25, 0.3) is 0 Å². The van der Waals surface area contributed by atoms with Gasteiger partial charge in [0, 0.05) is 5.03 Å². The van der Waals surface area contributed by atoms with Crippen molar-refractivity contribution in [2.45, 2.75) is 5.38 Å². The van der Waals surface area contributed by atoms with Gasteiger partial charge in [0.15, 0.2) is 0 Å². The number of nitrogens with one attached hydrogen (secondary N) is 1. The molecule has 2 amide bonds. The van der Waals surface area contributed by atoms with E-state index in [1.807, 2.05) is 0 Å². The molecule has 0 saturated heterocycles. The van der Waals surface area contributed by atoms with E-state index in [1.165, 1.54) is 0 Å². The average molecular weight is 203 g/mol. The molecule has 0 aromatic heterocycles. The van der Waals surface area contributed by atoms with E-state index in [9.17, 15) is 4.79 Å². The predicted octanol–water partition coefficient (Wildman–Crippen LogP) is 1.78. The van der Waals surface area contributed by atoms with Crippen molar-refractivity contribution in [3.05, 3.63) is 22.9 Å². The smallest absolute Gasteiger partial charge is 0.304 e. The third-order valence-electron chi connectivity index (χ3n) is 1.59. The highest BCUT2D eigenvalue weighted by Gasteiger charge is 2.24. The fraction of sp³-hybridized carbons (Fsp3) is 0.143. The molecule has 5 heteroatoms. The Morgan fingerprint density at radius 3 is 3.08 bits per heavy atom. The second-order valence-electron chi connectivity index (χ2n) is 2.44. The summed E-state index contributed by atoms with van der Waals surface area (Å²) in [7, 11) is 0. The number of alkyl halides is 1. The first-order valence-electron chi connectivity index (χ1n) is 3.30. The van der Waals surface area contributed by atoms with E-state index >= 15 is 0 Å². The average Bonchev–Trinajstić information content (AvgIpc) is 2.30. The van der Waals surface area contributed by atoms with Crippen LogP contribution in [0.15, 0.2) is 27.9 Å². The summed E-state index contributed by atoms with van der Waals surface area (Å²) in [5.41, 5.74) is 1.20. The van der Waals surface area contributed by atoms with E-state index in [0.717, 1.165) is 0 Å². The number of carbonyl (C=O) groups excluding carboxylic acids is 1. The lowest BCUT2D eigenvalue weighted by molar-refractivity contribution is 0.253. The summed E-state index contributed by atoms with van der Waals surface area (Å²) < 4.78 is 0. The van der Waals surface area contributed by atoms with E-state index in [-0.39, 0.29) is 11.4 Å². The summed E-state index contributed by atoms with van der Waals surface area (Å²) in [6.45, 7) is 0. The summed E-state index contributed by atoms with van der Waals surface area (Å²) in [6.07, 6.45) is 3.25. The number of amides is 2.